The Morgan fingerprint density at radius 2 is 1.96 bits per heavy atom. The lowest BCUT2D eigenvalue weighted by atomic mass is 10.2. The van der Waals surface area contributed by atoms with Gasteiger partial charge in [0, 0.05) is 12.1 Å². The first-order valence-electron chi connectivity index (χ1n) is 7.05. The van der Waals surface area contributed by atoms with E-state index in [2.05, 4.69) is 10.4 Å². The van der Waals surface area contributed by atoms with E-state index in [1.807, 2.05) is 0 Å². The van der Waals surface area contributed by atoms with Crippen LogP contribution in [-0.4, -0.2) is 32.6 Å². The van der Waals surface area contributed by atoms with Crippen molar-refractivity contribution in [3.05, 3.63) is 49.8 Å². The van der Waals surface area contributed by atoms with Gasteiger partial charge in [-0.25, -0.2) is 0 Å². The summed E-state index contributed by atoms with van der Waals surface area (Å²) in [6, 6.07) is 3.78. The van der Waals surface area contributed by atoms with Crippen LogP contribution < -0.4 is 10.1 Å². The summed E-state index contributed by atoms with van der Waals surface area (Å²) >= 11 is 0. The van der Waals surface area contributed by atoms with Crippen LogP contribution in [0.2, 0.25) is 0 Å². The predicted octanol–water partition coefficient (Wildman–Crippen LogP) is 1.96. The summed E-state index contributed by atoms with van der Waals surface area (Å²) in [4.78, 5) is 32.9. The number of carbonyl (C=O) groups excluding carboxylic acids is 1. The number of nitrogens with zero attached hydrogens (tertiary/aromatic N) is 4. The summed E-state index contributed by atoms with van der Waals surface area (Å²) in [5.74, 6) is -0.308. The number of benzene rings is 1. The lowest BCUT2D eigenvalue weighted by Crippen LogP contribution is -2.20. The molecule has 25 heavy (non-hydrogen) atoms. The summed E-state index contributed by atoms with van der Waals surface area (Å²) in [5.41, 5.74) is 0.197. The highest BCUT2D eigenvalue weighted by Crippen LogP contribution is 2.29. The number of methoxy groups -OCH3 is 1. The minimum atomic E-state index is -0.598. The van der Waals surface area contributed by atoms with E-state index in [4.69, 9.17) is 4.74 Å². The molecule has 0 spiro atoms. The molecule has 11 nitrogen and oxygen atoms in total. The molecular formula is C14H15N5O6. The standard InChI is InChI=1S/C14H15N5O6/c1-8-14(19(23)24)9(2)17(16-8)7-13(20)15-11-6-10(18(21)22)4-5-12(11)25-3/h4-6H,7H2,1-3H3,(H,15,20). The molecule has 1 aromatic heterocycles. The number of nitrogens with one attached hydrogen (secondary N) is 1. The van der Waals surface area contributed by atoms with Crippen LogP contribution in [0.1, 0.15) is 11.4 Å². The lowest BCUT2D eigenvalue weighted by molar-refractivity contribution is -0.386. The van der Waals surface area contributed by atoms with Crippen LogP contribution >= 0.6 is 0 Å². The van der Waals surface area contributed by atoms with Gasteiger partial charge >= 0.3 is 5.69 Å². The Morgan fingerprint density at radius 3 is 2.48 bits per heavy atom. The Hall–Kier alpha value is -3.50. The first-order chi connectivity index (χ1) is 11.7. The number of aryl methyl sites for hydroxylation is 1. The lowest BCUT2D eigenvalue weighted by Gasteiger charge is -2.10. The SMILES string of the molecule is COc1ccc([N+](=O)[O-])cc1NC(=O)Cn1nc(C)c([N+](=O)[O-])c1C. The molecule has 2 rings (SSSR count). The van der Waals surface area contributed by atoms with E-state index in [1.54, 1.807) is 0 Å². The van der Waals surface area contributed by atoms with Crippen molar-refractivity contribution in [1.82, 2.24) is 9.78 Å². The number of hydrogen-bond donors (Lipinski definition) is 1. The maximum Gasteiger partial charge on any atom is 0.312 e. The Kier molecular flexibility index (Phi) is 4.96. The summed E-state index contributed by atoms with van der Waals surface area (Å²) in [5, 5.41) is 28.3. The number of non-ortho nitro benzene ring substituents is 1. The molecule has 1 amide bonds. The molecule has 0 radical (unpaired) electrons. The molecule has 132 valence electrons. The van der Waals surface area contributed by atoms with Crippen LogP contribution in [0.3, 0.4) is 0 Å². The largest absolute Gasteiger partial charge is 0.495 e. The van der Waals surface area contributed by atoms with Crippen LogP contribution in [0.25, 0.3) is 0 Å². The zero-order valence-corrected chi connectivity index (χ0v) is 13.7. The average molecular weight is 349 g/mol. The van der Waals surface area contributed by atoms with Crippen molar-refractivity contribution in [3.8, 4) is 5.75 Å². The second-order valence-corrected chi connectivity index (χ2v) is 5.12. The van der Waals surface area contributed by atoms with E-state index in [-0.39, 0.29) is 40.7 Å². The highest BCUT2D eigenvalue weighted by molar-refractivity contribution is 5.92. The van der Waals surface area contributed by atoms with E-state index < -0.39 is 15.8 Å². The summed E-state index contributed by atoms with van der Waals surface area (Å²) in [7, 11) is 1.36. The van der Waals surface area contributed by atoms with E-state index in [1.165, 1.54) is 43.8 Å². The van der Waals surface area contributed by atoms with Gasteiger partial charge in [0.25, 0.3) is 5.69 Å². The molecule has 0 saturated heterocycles. The molecule has 0 bridgehead atoms. The van der Waals surface area contributed by atoms with Crippen LogP contribution in [0, 0.1) is 34.1 Å². The highest BCUT2D eigenvalue weighted by atomic mass is 16.6. The zero-order chi connectivity index (χ0) is 18.7. The topological polar surface area (TPSA) is 142 Å². The van der Waals surface area contributed by atoms with Gasteiger partial charge in [0.05, 0.1) is 22.6 Å². The molecule has 0 aliphatic heterocycles. The number of amides is 1. The monoisotopic (exact) mass is 349 g/mol. The number of ether oxygens (including phenoxy) is 1. The molecule has 0 fully saturated rings. The van der Waals surface area contributed by atoms with Crippen molar-refractivity contribution in [2.75, 3.05) is 12.4 Å². The van der Waals surface area contributed by atoms with E-state index in [0.29, 0.717) is 0 Å². The molecule has 1 N–H and O–H groups in total. The van der Waals surface area contributed by atoms with Gasteiger partial charge in [-0.3, -0.25) is 29.7 Å². The van der Waals surface area contributed by atoms with Gasteiger partial charge in [-0.1, -0.05) is 0 Å². The minimum absolute atomic E-state index is 0.123. The third-order valence-corrected chi connectivity index (χ3v) is 3.49. The minimum Gasteiger partial charge on any atom is -0.495 e. The first-order valence-corrected chi connectivity index (χ1v) is 7.05. The Labute approximate surface area is 141 Å². The predicted molar refractivity (Wildman–Crippen MR) is 86.6 cm³/mol. The van der Waals surface area contributed by atoms with Crippen LogP contribution in [0.5, 0.6) is 5.75 Å². The highest BCUT2D eigenvalue weighted by Gasteiger charge is 2.23. The van der Waals surface area contributed by atoms with Gasteiger partial charge in [0.15, 0.2) is 0 Å². The van der Waals surface area contributed by atoms with Gasteiger partial charge in [-0.15, -0.1) is 0 Å². The van der Waals surface area contributed by atoms with Crippen molar-refractivity contribution in [3.63, 3.8) is 0 Å². The second kappa shape index (κ2) is 6.95. The smallest absolute Gasteiger partial charge is 0.312 e. The fourth-order valence-corrected chi connectivity index (χ4v) is 2.34. The maximum absolute atomic E-state index is 12.2. The van der Waals surface area contributed by atoms with E-state index in [0.717, 1.165) is 0 Å². The van der Waals surface area contributed by atoms with Gasteiger partial charge < -0.3 is 10.1 Å². The van der Waals surface area contributed by atoms with Gasteiger partial charge in [0.2, 0.25) is 5.91 Å². The van der Waals surface area contributed by atoms with Gasteiger partial charge in [-0.2, -0.15) is 5.10 Å². The van der Waals surface area contributed by atoms with Crippen LogP contribution in [0.15, 0.2) is 18.2 Å². The number of carbonyl (C=O) groups is 1. The fourth-order valence-electron chi connectivity index (χ4n) is 2.34. The summed E-state index contributed by atoms with van der Waals surface area (Å²) in [6.45, 7) is 2.68. The first kappa shape index (κ1) is 17.8. The van der Waals surface area contributed by atoms with Gasteiger partial charge in [-0.05, 0) is 19.9 Å². The third-order valence-electron chi connectivity index (χ3n) is 3.49. The normalized spacial score (nSPS) is 10.4. The molecule has 11 heteroatoms. The Morgan fingerprint density at radius 1 is 1.28 bits per heavy atom. The quantitative estimate of drug-likeness (QED) is 0.620. The zero-order valence-electron chi connectivity index (χ0n) is 13.7. The van der Waals surface area contributed by atoms with Crippen LogP contribution in [0.4, 0.5) is 17.1 Å². The second-order valence-electron chi connectivity index (χ2n) is 5.12. The number of anilines is 1. The van der Waals surface area contributed by atoms with Crippen molar-refractivity contribution in [2.45, 2.75) is 20.4 Å². The van der Waals surface area contributed by atoms with Crippen molar-refractivity contribution in [1.29, 1.82) is 0 Å². The van der Waals surface area contributed by atoms with Crippen molar-refractivity contribution >= 4 is 23.0 Å². The maximum atomic E-state index is 12.2. The number of rotatable bonds is 6. The van der Waals surface area contributed by atoms with Crippen molar-refractivity contribution in [2.24, 2.45) is 0 Å². The van der Waals surface area contributed by atoms with E-state index in [9.17, 15) is 25.0 Å². The molecule has 0 atom stereocenters. The average Bonchev–Trinajstić information content (AvgIpc) is 2.80. The molecule has 0 saturated carbocycles. The number of hydrogen-bond acceptors (Lipinski definition) is 7. The van der Waals surface area contributed by atoms with Gasteiger partial charge in [0.1, 0.15) is 23.7 Å². The van der Waals surface area contributed by atoms with E-state index >= 15 is 0 Å². The number of nitro groups is 2. The summed E-state index contributed by atoms with van der Waals surface area (Å²) in [6.07, 6.45) is 0. The number of nitro benzene ring substituents is 1. The molecule has 1 heterocycles. The number of aromatic nitrogens is 2. The molecule has 0 unspecified atom stereocenters. The molecule has 0 aliphatic rings. The Balaban J connectivity index is 2.24. The molecule has 1 aromatic carbocycles. The molecule has 2 aromatic rings. The Bertz CT molecular complexity index is 860. The summed E-state index contributed by atoms with van der Waals surface area (Å²) < 4.78 is 6.26. The molecular weight excluding hydrogens is 334 g/mol. The van der Waals surface area contributed by atoms with Crippen molar-refractivity contribution < 1.29 is 19.4 Å². The van der Waals surface area contributed by atoms with Crippen LogP contribution in [-0.2, 0) is 11.3 Å². The fraction of sp³-hybridized carbons (Fsp3) is 0.286. The molecule has 0 aliphatic carbocycles. The third kappa shape index (κ3) is 3.71.